The van der Waals surface area contributed by atoms with Crippen LogP contribution in [0, 0.1) is 0 Å². The van der Waals surface area contributed by atoms with E-state index in [-0.39, 0.29) is 11.3 Å². The van der Waals surface area contributed by atoms with Gasteiger partial charge in [0.25, 0.3) is 0 Å². The molecule has 2 fully saturated rings. The Morgan fingerprint density at radius 2 is 1.68 bits per heavy atom. The highest BCUT2D eigenvalue weighted by Gasteiger charge is 2.21. The van der Waals surface area contributed by atoms with Crippen molar-refractivity contribution in [2.75, 3.05) is 50.9 Å². The first-order valence-corrected chi connectivity index (χ1v) is 15.2. The van der Waals surface area contributed by atoms with E-state index in [2.05, 4.69) is 23.1 Å². The van der Waals surface area contributed by atoms with Crippen LogP contribution in [0.3, 0.4) is 0 Å². The molecule has 0 saturated carbocycles. The van der Waals surface area contributed by atoms with Gasteiger partial charge in [-0.25, -0.2) is 0 Å². The van der Waals surface area contributed by atoms with Gasteiger partial charge in [-0.2, -0.15) is 0 Å². The highest BCUT2D eigenvalue weighted by Crippen LogP contribution is 2.45. The highest BCUT2D eigenvalue weighted by atomic mass is 32.1. The van der Waals surface area contributed by atoms with E-state index in [1.54, 1.807) is 17.4 Å². The largest absolute Gasteiger partial charge is 0.492 e. The van der Waals surface area contributed by atoms with Crippen LogP contribution in [0.15, 0.2) is 69.9 Å². The smallest absolute Gasteiger partial charge is 0.225 e. The Morgan fingerprint density at radius 1 is 0.878 bits per heavy atom. The van der Waals surface area contributed by atoms with Crippen LogP contribution in [0.4, 0.5) is 5.88 Å². The Bertz CT molecular complexity index is 1800. The van der Waals surface area contributed by atoms with Crippen LogP contribution in [0.1, 0.15) is 25.7 Å². The van der Waals surface area contributed by atoms with Crippen molar-refractivity contribution in [1.82, 2.24) is 4.90 Å². The molecule has 2 saturated heterocycles. The molecule has 2 aliphatic rings. The van der Waals surface area contributed by atoms with Gasteiger partial charge in [-0.15, -0.1) is 11.3 Å². The first kappa shape index (κ1) is 26.0. The summed E-state index contributed by atoms with van der Waals surface area (Å²) in [6.07, 6.45) is 3.73. The van der Waals surface area contributed by atoms with Crippen LogP contribution in [-0.4, -0.2) is 56.8 Å². The molecule has 4 heterocycles. The summed E-state index contributed by atoms with van der Waals surface area (Å²) in [5.41, 5.74) is 2.39. The molecule has 0 radical (unpaired) electrons. The lowest BCUT2D eigenvalue weighted by Crippen LogP contribution is -2.36. The van der Waals surface area contributed by atoms with E-state index in [4.69, 9.17) is 13.9 Å². The van der Waals surface area contributed by atoms with Gasteiger partial charge in [0.15, 0.2) is 11.3 Å². The summed E-state index contributed by atoms with van der Waals surface area (Å²) in [4.78, 5) is 30.0. The molecule has 0 unspecified atom stereocenters. The molecule has 0 bridgehead atoms. The van der Waals surface area contributed by atoms with E-state index in [9.17, 15) is 9.59 Å². The van der Waals surface area contributed by atoms with E-state index >= 15 is 0 Å². The first-order valence-electron chi connectivity index (χ1n) is 14.4. The summed E-state index contributed by atoms with van der Waals surface area (Å²) in [5.74, 6) is 1.50. The molecule has 2 aliphatic heterocycles. The summed E-state index contributed by atoms with van der Waals surface area (Å²) >= 11 is 1.70. The van der Waals surface area contributed by atoms with Gasteiger partial charge in [0, 0.05) is 63.5 Å². The molecule has 7 nitrogen and oxygen atoms in total. The summed E-state index contributed by atoms with van der Waals surface area (Å²) < 4.78 is 20.5. The molecule has 1 amide bonds. The van der Waals surface area contributed by atoms with Gasteiger partial charge in [-0.3, -0.25) is 9.59 Å². The number of benzene rings is 3. The van der Waals surface area contributed by atoms with Gasteiger partial charge in [0.1, 0.15) is 11.3 Å². The molecule has 0 spiro atoms. The molecule has 0 N–H and O–H groups in total. The third-order valence-corrected chi connectivity index (χ3v) is 9.33. The number of likely N-dealkylation sites (tertiary alicyclic amines) is 1. The maximum Gasteiger partial charge on any atom is 0.225 e. The Balaban J connectivity index is 1.29. The molecule has 8 heteroatoms. The normalized spacial score (nSPS) is 16.1. The molecule has 0 atom stereocenters. The van der Waals surface area contributed by atoms with Gasteiger partial charge < -0.3 is 23.7 Å². The minimum atomic E-state index is -0.0551. The third-order valence-electron chi connectivity index (χ3n) is 8.12. The van der Waals surface area contributed by atoms with Crippen LogP contribution >= 0.6 is 11.3 Å². The van der Waals surface area contributed by atoms with E-state index in [1.807, 2.05) is 41.3 Å². The van der Waals surface area contributed by atoms with E-state index in [0.717, 1.165) is 63.0 Å². The van der Waals surface area contributed by atoms with Crippen LogP contribution in [0.25, 0.3) is 42.3 Å². The minimum absolute atomic E-state index is 0.0551. The number of hydrogen-bond acceptors (Lipinski definition) is 7. The molecular weight excluding hydrogens is 536 g/mol. The number of rotatable bonds is 6. The van der Waals surface area contributed by atoms with Crippen molar-refractivity contribution in [3.8, 4) is 16.9 Å². The van der Waals surface area contributed by atoms with Gasteiger partial charge in [-0.1, -0.05) is 30.3 Å². The Kier molecular flexibility index (Phi) is 7.10. The van der Waals surface area contributed by atoms with E-state index < -0.39 is 0 Å². The number of carbonyl (C=O) groups is 1. The summed E-state index contributed by atoms with van der Waals surface area (Å²) in [6, 6.07) is 19.7. The fourth-order valence-corrected chi connectivity index (χ4v) is 7.24. The Labute approximate surface area is 241 Å². The lowest BCUT2D eigenvalue weighted by Gasteiger charge is -2.27. The Morgan fingerprint density at radius 3 is 2.54 bits per heavy atom. The molecule has 5 aromatic rings. The van der Waals surface area contributed by atoms with Gasteiger partial charge in [0.2, 0.25) is 5.91 Å². The van der Waals surface area contributed by atoms with Crippen molar-refractivity contribution in [1.29, 1.82) is 0 Å². The molecular formula is C33H32N2O5S. The van der Waals surface area contributed by atoms with Crippen LogP contribution in [0.2, 0.25) is 0 Å². The second-order valence-electron chi connectivity index (χ2n) is 10.7. The number of hydrogen-bond donors (Lipinski definition) is 0. The van der Waals surface area contributed by atoms with Gasteiger partial charge in [0.05, 0.1) is 31.6 Å². The molecule has 2 aromatic heterocycles. The Hall–Kier alpha value is -3.88. The predicted octanol–water partition coefficient (Wildman–Crippen LogP) is 6.45. The first-order chi connectivity index (χ1) is 20.2. The number of amides is 1. The number of nitrogens with zero attached hydrogens (tertiary/aromatic N) is 2. The highest BCUT2D eigenvalue weighted by molar-refractivity contribution is 7.26. The molecule has 0 aliphatic carbocycles. The zero-order valence-corrected chi connectivity index (χ0v) is 23.7. The van der Waals surface area contributed by atoms with Crippen molar-refractivity contribution < 1.29 is 18.7 Å². The third kappa shape index (κ3) is 4.96. The number of anilines is 1. The van der Waals surface area contributed by atoms with Crippen molar-refractivity contribution in [2.45, 2.75) is 25.7 Å². The monoisotopic (exact) mass is 568 g/mol. The topological polar surface area (TPSA) is 72.2 Å². The predicted molar refractivity (Wildman–Crippen MR) is 164 cm³/mol. The fourth-order valence-electron chi connectivity index (χ4n) is 6.00. The second-order valence-corrected chi connectivity index (χ2v) is 11.7. The molecule has 3 aromatic carbocycles. The molecule has 41 heavy (non-hydrogen) atoms. The summed E-state index contributed by atoms with van der Waals surface area (Å²) in [6.45, 7) is 4.61. The number of fused-ring (bicyclic) bond motifs is 4. The summed E-state index contributed by atoms with van der Waals surface area (Å²) in [7, 11) is 0. The lowest BCUT2D eigenvalue weighted by atomic mass is 10.00. The van der Waals surface area contributed by atoms with Crippen molar-refractivity contribution in [3.63, 3.8) is 0 Å². The number of ether oxygens (including phenoxy) is 2. The number of para-hydroxylation sites is 1. The quantitative estimate of drug-likeness (QED) is 0.235. The number of morpholine rings is 1. The standard InChI is InChI=1S/C33H32N2O5S/c36-26-21-30(35-16-19-38-20-17-35)40-32-22(8-6-9-24(26)32)23-11-12-27(31-25-7-2-3-10-28(25)41-33(23)31)39-18-13-29(37)34-14-4-1-5-15-34/h2-3,6-12,21H,1,4-5,13-20H2. The number of piperidine rings is 1. The number of carbonyl (C=O) groups excluding carboxylic acids is 1. The zero-order valence-electron chi connectivity index (χ0n) is 22.9. The number of thiophene rings is 1. The van der Waals surface area contributed by atoms with E-state index in [1.165, 1.54) is 6.42 Å². The lowest BCUT2D eigenvalue weighted by molar-refractivity contribution is -0.132. The van der Waals surface area contributed by atoms with E-state index in [0.29, 0.717) is 56.2 Å². The van der Waals surface area contributed by atoms with Crippen LogP contribution in [-0.2, 0) is 9.53 Å². The SMILES string of the molecule is O=C(CCOc1ccc(-c2cccc3c(=O)cc(N4CCOCC4)oc23)c2sc3ccccc3c12)N1CCCCC1. The zero-order chi connectivity index (χ0) is 27.8. The van der Waals surface area contributed by atoms with Crippen molar-refractivity contribution in [3.05, 3.63) is 70.9 Å². The maximum absolute atomic E-state index is 13.2. The van der Waals surface area contributed by atoms with Crippen molar-refractivity contribution in [2.24, 2.45) is 0 Å². The van der Waals surface area contributed by atoms with Crippen LogP contribution < -0.4 is 15.1 Å². The van der Waals surface area contributed by atoms with Gasteiger partial charge in [-0.05, 0) is 43.5 Å². The summed E-state index contributed by atoms with van der Waals surface area (Å²) in [5, 5.41) is 2.70. The maximum atomic E-state index is 13.2. The average molecular weight is 569 g/mol. The molecule has 210 valence electrons. The second kappa shape index (κ2) is 11.2. The van der Waals surface area contributed by atoms with Crippen molar-refractivity contribution >= 4 is 54.3 Å². The average Bonchev–Trinajstić information content (AvgIpc) is 3.42. The minimum Gasteiger partial charge on any atom is -0.492 e. The van der Waals surface area contributed by atoms with Crippen LogP contribution in [0.5, 0.6) is 5.75 Å². The van der Waals surface area contributed by atoms with Gasteiger partial charge >= 0.3 is 0 Å². The fraction of sp³-hybridized carbons (Fsp3) is 0.333. The molecule has 7 rings (SSSR count).